The fraction of sp³-hybridized carbons (Fsp3) is 0.500. The normalized spacial score (nSPS) is 10.6. The van der Waals surface area contributed by atoms with E-state index in [-0.39, 0.29) is 5.97 Å². The maximum absolute atomic E-state index is 10.8. The highest BCUT2D eigenvalue weighted by Crippen LogP contribution is 2.16. The van der Waals surface area contributed by atoms with Crippen molar-refractivity contribution in [3.63, 3.8) is 0 Å². The number of rotatable bonds is 12. The van der Waals surface area contributed by atoms with Crippen LogP contribution in [0.4, 0.5) is 0 Å². The number of ether oxygens (including phenoxy) is 2. The standard InChI is InChI=1S/C18H26O5/c1-2-17(19)23-14-8-6-4-3-5-7-13-22-16-11-9-15(10-12-16)18(20)21/h2,9-12,18,20-21H,1,3-8,13-14H2. The summed E-state index contributed by atoms with van der Waals surface area (Å²) in [5, 5.41) is 18.0. The first kappa shape index (κ1) is 19.2. The molecule has 0 aliphatic heterocycles. The second-order valence-electron chi connectivity index (χ2n) is 5.28. The lowest BCUT2D eigenvalue weighted by molar-refractivity contribution is -0.137. The molecular weight excluding hydrogens is 296 g/mol. The van der Waals surface area contributed by atoms with Crippen molar-refractivity contribution in [1.82, 2.24) is 0 Å². The number of aliphatic hydroxyl groups excluding tert-OH is 1. The SMILES string of the molecule is C=CC(=O)OCCCCCCCCOc1ccc(C(O)O)cc1. The number of esters is 1. The Bertz CT molecular complexity index is 453. The van der Waals surface area contributed by atoms with E-state index in [2.05, 4.69) is 6.58 Å². The Morgan fingerprint density at radius 2 is 1.57 bits per heavy atom. The summed E-state index contributed by atoms with van der Waals surface area (Å²) in [5.41, 5.74) is 0.455. The number of benzene rings is 1. The Labute approximate surface area is 137 Å². The second-order valence-corrected chi connectivity index (χ2v) is 5.28. The summed E-state index contributed by atoms with van der Waals surface area (Å²) in [4.78, 5) is 10.8. The van der Waals surface area contributed by atoms with E-state index in [4.69, 9.17) is 19.7 Å². The fourth-order valence-corrected chi connectivity index (χ4v) is 2.07. The van der Waals surface area contributed by atoms with E-state index in [9.17, 15) is 4.79 Å². The molecule has 0 atom stereocenters. The number of hydrogen-bond donors (Lipinski definition) is 2. The molecule has 23 heavy (non-hydrogen) atoms. The number of unbranched alkanes of at least 4 members (excludes halogenated alkanes) is 5. The van der Waals surface area contributed by atoms with Crippen molar-refractivity contribution in [2.24, 2.45) is 0 Å². The molecule has 0 bridgehead atoms. The summed E-state index contributed by atoms with van der Waals surface area (Å²) in [6.45, 7) is 4.46. The third-order valence-electron chi connectivity index (χ3n) is 3.40. The molecule has 0 unspecified atom stereocenters. The zero-order chi connectivity index (χ0) is 16.9. The van der Waals surface area contributed by atoms with Crippen LogP contribution in [0.25, 0.3) is 0 Å². The van der Waals surface area contributed by atoms with Gasteiger partial charge in [-0.15, -0.1) is 0 Å². The second kappa shape index (κ2) is 11.7. The van der Waals surface area contributed by atoms with Gasteiger partial charge >= 0.3 is 5.97 Å². The molecule has 0 spiro atoms. The highest BCUT2D eigenvalue weighted by atomic mass is 16.5. The van der Waals surface area contributed by atoms with Crippen molar-refractivity contribution in [1.29, 1.82) is 0 Å². The minimum absolute atomic E-state index is 0.358. The van der Waals surface area contributed by atoms with E-state index in [0.717, 1.165) is 44.3 Å². The zero-order valence-corrected chi connectivity index (χ0v) is 13.4. The Hall–Kier alpha value is -1.85. The van der Waals surface area contributed by atoms with Crippen LogP contribution in [0.2, 0.25) is 0 Å². The molecule has 0 aliphatic rings. The van der Waals surface area contributed by atoms with Crippen molar-refractivity contribution in [2.45, 2.75) is 44.8 Å². The quantitative estimate of drug-likeness (QED) is 0.268. The molecule has 5 nitrogen and oxygen atoms in total. The van der Waals surface area contributed by atoms with E-state index in [1.165, 1.54) is 6.08 Å². The van der Waals surface area contributed by atoms with Crippen LogP contribution in [0, 0.1) is 0 Å². The fourth-order valence-electron chi connectivity index (χ4n) is 2.07. The van der Waals surface area contributed by atoms with Gasteiger partial charge in [-0.1, -0.05) is 44.4 Å². The monoisotopic (exact) mass is 322 g/mol. The number of carbonyl (C=O) groups excluding carboxylic acids is 1. The van der Waals surface area contributed by atoms with Gasteiger partial charge in [-0.05, 0) is 25.0 Å². The summed E-state index contributed by atoms with van der Waals surface area (Å²) in [6.07, 6.45) is 6.01. The average Bonchev–Trinajstić information content (AvgIpc) is 2.56. The van der Waals surface area contributed by atoms with Crippen molar-refractivity contribution in [3.8, 4) is 5.75 Å². The maximum atomic E-state index is 10.8. The molecule has 0 amide bonds. The Morgan fingerprint density at radius 1 is 1.00 bits per heavy atom. The summed E-state index contributed by atoms with van der Waals surface area (Å²) in [6, 6.07) is 6.75. The smallest absolute Gasteiger partial charge is 0.330 e. The molecule has 128 valence electrons. The van der Waals surface area contributed by atoms with Gasteiger partial charge in [-0.25, -0.2) is 4.79 Å². The van der Waals surface area contributed by atoms with Gasteiger partial charge in [0.25, 0.3) is 0 Å². The highest BCUT2D eigenvalue weighted by molar-refractivity contribution is 5.81. The molecule has 1 aromatic rings. The Balaban J connectivity index is 1.95. The lowest BCUT2D eigenvalue weighted by atomic mass is 10.1. The number of aliphatic hydroxyl groups is 2. The van der Waals surface area contributed by atoms with E-state index in [1.807, 2.05) is 0 Å². The summed E-state index contributed by atoms with van der Waals surface area (Å²) >= 11 is 0. The topological polar surface area (TPSA) is 76.0 Å². The molecule has 1 rings (SSSR count). The van der Waals surface area contributed by atoms with Crippen molar-refractivity contribution in [3.05, 3.63) is 42.5 Å². The van der Waals surface area contributed by atoms with Crippen LogP contribution >= 0.6 is 0 Å². The van der Waals surface area contributed by atoms with Crippen LogP contribution in [-0.4, -0.2) is 29.4 Å². The molecule has 1 aromatic carbocycles. The Kier molecular flexibility index (Phi) is 9.75. The minimum Gasteiger partial charge on any atom is -0.494 e. The first-order valence-electron chi connectivity index (χ1n) is 8.01. The first-order chi connectivity index (χ1) is 11.1. The van der Waals surface area contributed by atoms with Crippen molar-refractivity contribution >= 4 is 5.97 Å². The van der Waals surface area contributed by atoms with Crippen LogP contribution in [-0.2, 0) is 9.53 Å². The minimum atomic E-state index is -1.44. The van der Waals surface area contributed by atoms with Crippen molar-refractivity contribution < 1.29 is 24.5 Å². The molecule has 5 heteroatoms. The molecule has 0 heterocycles. The lowest BCUT2D eigenvalue weighted by Crippen LogP contribution is -2.01. The highest BCUT2D eigenvalue weighted by Gasteiger charge is 2.02. The van der Waals surface area contributed by atoms with Crippen LogP contribution in [0.15, 0.2) is 36.9 Å². The average molecular weight is 322 g/mol. The maximum Gasteiger partial charge on any atom is 0.330 e. The summed E-state index contributed by atoms with van der Waals surface area (Å²) in [7, 11) is 0. The zero-order valence-electron chi connectivity index (χ0n) is 13.4. The van der Waals surface area contributed by atoms with Crippen LogP contribution < -0.4 is 4.74 Å². The number of hydrogen-bond acceptors (Lipinski definition) is 5. The van der Waals surface area contributed by atoms with Crippen LogP contribution in [0.3, 0.4) is 0 Å². The molecule has 0 aromatic heterocycles. The molecule has 0 aliphatic carbocycles. The van der Waals surface area contributed by atoms with Gasteiger partial charge < -0.3 is 19.7 Å². The van der Waals surface area contributed by atoms with Crippen LogP contribution in [0.1, 0.15) is 50.4 Å². The molecular formula is C18H26O5. The van der Waals surface area contributed by atoms with Gasteiger partial charge in [-0.2, -0.15) is 0 Å². The van der Waals surface area contributed by atoms with Gasteiger partial charge in [0, 0.05) is 11.6 Å². The van der Waals surface area contributed by atoms with Gasteiger partial charge in [0.1, 0.15) is 5.75 Å². The molecule has 0 saturated heterocycles. The van der Waals surface area contributed by atoms with E-state index in [0.29, 0.717) is 18.8 Å². The summed E-state index contributed by atoms with van der Waals surface area (Å²) < 4.78 is 10.5. The third-order valence-corrected chi connectivity index (χ3v) is 3.40. The van der Waals surface area contributed by atoms with E-state index >= 15 is 0 Å². The lowest BCUT2D eigenvalue weighted by Gasteiger charge is -2.08. The molecule has 0 fully saturated rings. The predicted octanol–water partition coefficient (Wildman–Crippen LogP) is 3.12. The predicted molar refractivity (Wildman–Crippen MR) is 88.0 cm³/mol. The van der Waals surface area contributed by atoms with Crippen LogP contribution in [0.5, 0.6) is 5.75 Å². The van der Waals surface area contributed by atoms with E-state index in [1.54, 1.807) is 24.3 Å². The van der Waals surface area contributed by atoms with Gasteiger partial charge in [0.05, 0.1) is 13.2 Å². The largest absolute Gasteiger partial charge is 0.494 e. The Morgan fingerprint density at radius 3 is 2.13 bits per heavy atom. The van der Waals surface area contributed by atoms with E-state index < -0.39 is 6.29 Å². The van der Waals surface area contributed by atoms with Crippen molar-refractivity contribution in [2.75, 3.05) is 13.2 Å². The third kappa shape index (κ3) is 9.01. The first-order valence-corrected chi connectivity index (χ1v) is 8.01. The molecule has 2 N–H and O–H groups in total. The molecule has 0 radical (unpaired) electrons. The number of carbonyl (C=O) groups is 1. The van der Waals surface area contributed by atoms with Gasteiger partial charge in [-0.3, -0.25) is 0 Å². The summed E-state index contributed by atoms with van der Waals surface area (Å²) in [5.74, 6) is 0.377. The van der Waals surface area contributed by atoms with Gasteiger partial charge in [0.15, 0.2) is 6.29 Å². The molecule has 0 saturated carbocycles. The van der Waals surface area contributed by atoms with Gasteiger partial charge in [0.2, 0.25) is 0 Å².